The Morgan fingerprint density at radius 2 is 2.15 bits per heavy atom. The number of benzene rings is 1. The molecule has 0 spiro atoms. The lowest BCUT2D eigenvalue weighted by Crippen LogP contribution is -2.17. The maximum Gasteiger partial charge on any atom is 0.280 e. The molecule has 108 valence electrons. The molecule has 20 heavy (non-hydrogen) atoms. The molecule has 3 N–H and O–H groups in total. The Labute approximate surface area is 121 Å². The molecule has 0 radical (unpaired) electrons. The summed E-state index contributed by atoms with van der Waals surface area (Å²) < 4.78 is 33.3. The summed E-state index contributed by atoms with van der Waals surface area (Å²) in [6, 6.07) is 4.59. The molecule has 0 unspecified atom stereocenters. The van der Waals surface area contributed by atoms with Crippen molar-refractivity contribution in [2.24, 2.45) is 7.05 Å². The van der Waals surface area contributed by atoms with Gasteiger partial charge < -0.3 is 10.5 Å². The number of nitrogens with one attached hydrogen (secondary N) is 1. The van der Waals surface area contributed by atoms with Crippen LogP contribution in [-0.2, 0) is 17.1 Å². The van der Waals surface area contributed by atoms with Gasteiger partial charge >= 0.3 is 0 Å². The van der Waals surface area contributed by atoms with Crippen LogP contribution in [0.15, 0.2) is 29.4 Å². The van der Waals surface area contributed by atoms with Gasteiger partial charge in [-0.25, -0.2) is 0 Å². The molecule has 1 heterocycles. The van der Waals surface area contributed by atoms with Gasteiger partial charge in [0.2, 0.25) is 0 Å². The topological polar surface area (TPSA) is 99.2 Å². The Balaban J connectivity index is 2.44. The molecule has 0 aliphatic carbocycles. The summed E-state index contributed by atoms with van der Waals surface area (Å²) in [5, 5.41) is 3.70. The van der Waals surface area contributed by atoms with Gasteiger partial charge in [-0.3, -0.25) is 9.40 Å². The van der Waals surface area contributed by atoms with Gasteiger partial charge in [-0.2, -0.15) is 13.5 Å². The third-order valence-corrected chi connectivity index (χ3v) is 4.44. The molecule has 2 aromatic rings. The maximum atomic E-state index is 12.3. The van der Waals surface area contributed by atoms with Gasteiger partial charge in [0.25, 0.3) is 10.0 Å². The van der Waals surface area contributed by atoms with Crippen LogP contribution in [0.3, 0.4) is 0 Å². The number of halogens is 1. The molecule has 0 atom stereocenters. The molecular formula is C11H13ClN4O3S. The molecule has 0 fully saturated rings. The van der Waals surface area contributed by atoms with Crippen molar-refractivity contribution in [2.75, 3.05) is 17.6 Å². The van der Waals surface area contributed by atoms with Crippen molar-refractivity contribution in [2.45, 2.75) is 5.03 Å². The fourth-order valence-electron chi connectivity index (χ4n) is 1.69. The first-order chi connectivity index (χ1) is 9.35. The van der Waals surface area contributed by atoms with Crippen LogP contribution in [0.2, 0.25) is 5.02 Å². The fourth-order valence-corrected chi connectivity index (χ4v) is 3.42. The van der Waals surface area contributed by atoms with E-state index < -0.39 is 10.0 Å². The largest absolute Gasteiger partial charge is 0.494 e. The van der Waals surface area contributed by atoms with E-state index in [4.69, 9.17) is 22.1 Å². The lowest BCUT2D eigenvalue weighted by molar-refractivity contribution is 0.417. The number of anilines is 2. The molecule has 0 saturated carbocycles. The third-order valence-electron chi connectivity index (χ3n) is 2.57. The van der Waals surface area contributed by atoms with Crippen molar-refractivity contribution in [3.05, 3.63) is 29.4 Å². The monoisotopic (exact) mass is 316 g/mol. The van der Waals surface area contributed by atoms with Gasteiger partial charge in [0.1, 0.15) is 5.75 Å². The van der Waals surface area contributed by atoms with Crippen molar-refractivity contribution in [1.29, 1.82) is 0 Å². The first kappa shape index (κ1) is 14.5. The number of aryl methyl sites for hydroxylation is 1. The van der Waals surface area contributed by atoms with E-state index in [1.165, 1.54) is 37.2 Å². The van der Waals surface area contributed by atoms with E-state index in [1.54, 1.807) is 6.07 Å². The Bertz CT molecular complexity index is 723. The van der Waals surface area contributed by atoms with Crippen LogP contribution in [0, 0.1) is 0 Å². The molecule has 0 bridgehead atoms. The summed E-state index contributed by atoms with van der Waals surface area (Å²) in [6.07, 6.45) is 1.26. The van der Waals surface area contributed by atoms with Gasteiger partial charge in [-0.15, -0.1) is 0 Å². The quantitative estimate of drug-likeness (QED) is 0.832. The molecule has 7 nitrogen and oxygen atoms in total. The minimum Gasteiger partial charge on any atom is -0.494 e. The van der Waals surface area contributed by atoms with E-state index in [0.717, 1.165) is 0 Å². The van der Waals surface area contributed by atoms with Crippen LogP contribution < -0.4 is 15.2 Å². The average Bonchev–Trinajstić information content (AvgIpc) is 2.71. The third kappa shape index (κ3) is 2.66. The van der Waals surface area contributed by atoms with Crippen LogP contribution in [-0.4, -0.2) is 25.3 Å². The molecule has 0 amide bonds. The number of nitrogens with zero attached hydrogens (tertiary/aromatic N) is 2. The molecule has 0 aliphatic heterocycles. The normalized spacial score (nSPS) is 11.3. The van der Waals surface area contributed by atoms with E-state index in [-0.39, 0.29) is 15.7 Å². The lowest BCUT2D eigenvalue weighted by atomic mass is 10.2. The van der Waals surface area contributed by atoms with Gasteiger partial charge in [-0.1, -0.05) is 11.6 Å². The molecule has 0 aliphatic rings. The summed E-state index contributed by atoms with van der Waals surface area (Å²) >= 11 is 5.84. The molecule has 2 rings (SSSR count). The van der Waals surface area contributed by atoms with Crippen molar-refractivity contribution >= 4 is 33.0 Å². The predicted molar refractivity (Wildman–Crippen MR) is 76.4 cm³/mol. The Morgan fingerprint density at radius 1 is 1.45 bits per heavy atom. The van der Waals surface area contributed by atoms with Crippen LogP contribution in [0.25, 0.3) is 0 Å². The van der Waals surface area contributed by atoms with E-state index in [1.807, 2.05) is 0 Å². The zero-order valence-corrected chi connectivity index (χ0v) is 12.4. The second-order valence-corrected chi connectivity index (χ2v) is 5.99. The van der Waals surface area contributed by atoms with E-state index in [9.17, 15) is 8.42 Å². The second-order valence-electron chi connectivity index (χ2n) is 3.99. The van der Waals surface area contributed by atoms with Crippen LogP contribution in [0.5, 0.6) is 5.75 Å². The number of nitrogens with two attached hydrogens (primary N) is 1. The van der Waals surface area contributed by atoms with Crippen molar-refractivity contribution in [3.8, 4) is 5.75 Å². The van der Waals surface area contributed by atoms with Crippen LogP contribution in [0.4, 0.5) is 11.4 Å². The molecule has 0 saturated heterocycles. The lowest BCUT2D eigenvalue weighted by Gasteiger charge is -2.12. The van der Waals surface area contributed by atoms with Crippen LogP contribution >= 0.6 is 11.6 Å². The van der Waals surface area contributed by atoms with E-state index >= 15 is 0 Å². The first-order valence-corrected chi connectivity index (χ1v) is 7.35. The second kappa shape index (κ2) is 5.22. The van der Waals surface area contributed by atoms with Crippen molar-refractivity contribution in [3.63, 3.8) is 0 Å². The highest BCUT2D eigenvalue weighted by Crippen LogP contribution is 2.30. The highest BCUT2D eigenvalue weighted by molar-refractivity contribution is 7.92. The zero-order chi connectivity index (χ0) is 14.9. The average molecular weight is 317 g/mol. The molecule has 1 aromatic carbocycles. The van der Waals surface area contributed by atoms with Gasteiger partial charge in [0, 0.05) is 18.8 Å². The minimum atomic E-state index is -3.88. The zero-order valence-electron chi connectivity index (χ0n) is 10.8. The number of nitrogen functional groups attached to an aromatic ring is 1. The Morgan fingerprint density at radius 3 is 2.70 bits per heavy atom. The van der Waals surface area contributed by atoms with E-state index in [2.05, 4.69) is 9.82 Å². The fraction of sp³-hybridized carbons (Fsp3) is 0.182. The smallest absolute Gasteiger partial charge is 0.280 e. The summed E-state index contributed by atoms with van der Waals surface area (Å²) in [6.45, 7) is 0. The van der Waals surface area contributed by atoms with Crippen molar-refractivity contribution < 1.29 is 13.2 Å². The Kier molecular flexibility index (Phi) is 3.78. The highest BCUT2D eigenvalue weighted by atomic mass is 35.5. The summed E-state index contributed by atoms with van der Waals surface area (Å²) in [7, 11) is -0.972. The van der Waals surface area contributed by atoms with Gasteiger partial charge in [0.05, 0.1) is 24.0 Å². The molecular weight excluding hydrogens is 304 g/mol. The first-order valence-electron chi connectivity index (χ1n) is 5.49. The number of methoxy groups -OCH3 is 1. The molecule has 9 heteroatoms. The minimum absolute atomic E-state index is 0.0365. The maximum absolute atomic E-state index is 12.3. The number of hydrogen-bond acceptors (Lipinski definition) is 5. The standard InChI is InChI=1S/C11H13ClN4O3S/c1-16-11(8(12)6-14-16)20(17,18)15-9-4-3-7(13)5-10(9)19-2/h3-6,15H,13H2,1-2H3. The van der Waals surface area contributed by atoms with Crippen molar-refractivity contribution in [1.82, 2.24) is 9.78 Å². The summed E-state index contributed by atoms with van der Waals surface area (Å²) in [4.78, 5) is 0. The van der Waals surface area contributed by atoms with Gasteiger partial charge in [0.15, 0.2) is 5.03 Å². The highest BCUT2D eigenvalue weighted by Gasteiger charge is 2.24. The molecule has 1 aromatic heterocycles. The number of hydrogen-bond donors (Lipinski definition) is 2. The Hall–Kier alpha value is -1.93. The van der Waals surface area contributed by atoms with Crippen LogP contribution in [0.1, 0.15) is 0 Å². The summed E-state index contributed by atoms with van der Waals surface area (Å²) in [5.41, 5.74) is 6.34. The predicted octanol–water partition coefficient (Wildman–Crippen LogP) is 1.47. The SMILES string of the molecule is COc1cc(N)ccc1NS(=O)(=O)c1c(Cl)cnn1C. The number of rotatable bonds is 4. The van der Waals surface area contributed by atoms with E-state index in [0.29, 0.717) is 11.4 Å². The number of ether oxygens (including phenoxy) is 1. The number of aromatic nitrogens is 2. The summed E-state index contributed by atoms with van der Waals surface area (Å²) in [5.74, 6) is 0.312. The number of sulfonamides is 1. The van der Waals surface area contributed by atoms with Gasteiger partial charge in [-0.05, 0) is 12.1 Å².